The summed E-state index contributed by atoms with van der Waals surface area (Å²) in [6.07, 6.45) is 5.24. The van der Waals surface area contributed by atoms with Crippen LogP contribution in [0.5, 0.6) is 5.75 Å². The fourth-order valence-electron chi connectivity index (χ4n) is 5.38. The second-order valence-electron chi connectivity index (χ2n) is 8.83. The van der Waals surface area contributed by atoms with Gasteiger partial charge in [-0.1, -0.05) is 6.07 Å². The zero-order chi connectivity index (χ0) is 20.0. The molecule has 5 nitrogen and oxygen atoms in total. The van der Waals surface area contributed by atoms with Gasteiger partial charge in [-0.25, -0.2) is 0 Å². The van der Waals surface area contributed by atoms with Crippen molar-refractivity contribution in [1.29, 1.82) is 5.26 Å². The van der Waals surface area contributed by atoms with E-state index in [1.165, 1.54) is 11.1 Å². The van der Waals surface area contributed by atoms with Gasteiger partial charge in [-0.3, -0.25) is 4.90 Å². The number of benzene rings is 2. The van der Waals surface area contributed by atoms with E-state index >= 15 is 0 Å². The van der Waals surface area contributed by atoms with E-state index in [1.54, 1.807) is 0 Å². The third-order valence-corrected chi connectivity index (χ3v) is 7.05. The molecule has 0 amide bonds. The van der Waals surface area contributed by atoms with Crippen molar-refractivity contribution in [2.24, 2.45) is 0 Å². The van der Waals surface area contributed by atoms with Gasteiger partial charge in [0.15, 0.2) is 0 Å². The van der Waals surface area contributed by atoms with Gasteiger partial charge < -0.3 is 15.6 Å². The maximum absolute atomic E-state index is 10.7. The van der Waals surface area contributed by atoms with Crippen LogP contribution in [0.4, 0.5) is 5.69 Å². The molecule has 0 radical (unpaired) electrons. The lowest BCUT2D eigenvalue weighted by molar-refractivity contribution is -0.0608. The Morgan fingerprint density at radius 1 is 1.14 bits per heavy atom. The van der Waals surface area contributed by atoms with Crippen LogP contribution in [-0.2, 0) is 12.8 Å². The van der Waals surface area contributed by atoms with Crippen LogP contribution in [0.25, 0.3) is 0 Å². The molecule has 2 atom stereocenters. The summed E-state index contributed by atoms with van der Waals surface area (Å²) in [5.74, 6) is 0.784. The second-order valence-corrected chi connectivity index (χ2v) is 8.83. The van der Waals surface area contributed by atoms with E-state index in [9.17, 15) is 5.11 Å². The topological polar surface area (TPSA) is 82.5 Å². The molecule has 2 heterocycles. The van der Waals surface area contributed by atoms with Gasteiger partial charge in [0.1, 0.15) is 11.4 Å². The second kappa shape index (κ2) is 7.05. The predicted octanol–water partition coefficient (Wildman–Crippen LogP) is 3.35. The van der Waals surface area contributed by atoms with E-state index < -0.39 is 6.10 Å². The molecule has 150 valence electrons. The Kier molecular flexibility index (Phi) is 4.49. The first-order valence-electron chi connectivity index (χ1n) is 10.6. The molecule has 2 aliphatic heterocycles. The maximum Gasteiger partial charge on any atom is 0.126 e. The molecule has 5 heteroatoms. The lowest BCUT2D eigenvalue weighted by atomic mass is 9.80. The number of piperidine rings is 1. The largest absolute Gasteiger partial charge is 0.487 e. The number of hydrogen-bond donors (Lipinski definition) is 2. The number of nitriles is 1. The number of rotatable bonds is 1. The van der Waals surface area contributed by atoms with E-state index in [-0.39, 0.29) is 5.60 Å². The minimum Gasteiger partial charge on any atom is -0.487 e. The summed E-state index contributed by atoms with van der Waals surface area (Å²) in [6.45, 7) is 1.99. The molecule has 1 fully saturated rings. The number of nitrogen functional groups attached to an aromatic ring is 1. The number of anilines is 1. The summed E-state index contributed by atoms with van der Waals surface area (Å²) < 4.78 is 6.43. The quantitative estimate of drug-likeness (QED) is 0.731. The first-order valence-corrected chi connectivity index (χ1v) is 10.6. The molecule has 3 N–H and O–H groups in total. The lowest BCUT2D eigenvalue weighted by Crippen LogP contribution is -2.53. The van der Waals surface area contributed by atoms with Gasteiger partial charge in [-0.15, -0.1) is 0 Å². The average Bonchev–Trinajstić information content (AvgIpc) is 2.74. The highest BCUT2D eigenvalue weighted by Crippen LogP contribution is 2.45. The standard InChI is InChI=1S/C24H27N3O2/c25-15-16-1-2-18-12-20(5-3-17(18)11-16)27-9-7-24(8-10-27)14-22(28)21-13-19(26)4-6-23(21)29-24/h1-2,4,6,11,13,20,22,28H,3,5,7-10,12,14,26H2. The molecule has 0 bridgehead atoms. The highest BCUT2D eigenvalue weighted by atomic mass is 16.5. The number of aliphatic hydroxyl groups is 1. The number of ether oxygens (including phenoxy) is 1. The predicted molar refractivity (Wildman–Crippen MR) is 112 cm³/mol. The number of fused-ring (bicyclic) bond motifs is 2. The molecule has 2 aromatic rings. The number of aliphatic hydroxyl groups excluding tert-OH is 1. The minimum atomic E-state index is -0.510. The SMILES string of the molecule is N#Cc1ccc2c(c1)CCC(N1CCC3(CC1)CC(O)c1cc(N)ccc1O3)C2. The Bertz CT molecular complexity index is 973. The van der Waals surface area contributed by atoms with Crippen molar-refractivity contribution in [3.05, 3.63) is 58.7 Å². The smallest absolute Gasteiger partial charge is 0.126 e. The first kappa shape index (κ1) is 18.5. The van der Waals surface area contributed by atoms with Gasteiger partial charge in [-0.05, 0) is 73.6 Å². The third-order valence-electron chi connectivity index (χ3n) is 7.05. The molecule has 0 saturated carbocycles. The van der Waals surface area contributed by atoms with E-state index in [4.69, 9.17) is 15.7 Å². The van der Waals surface area contributed by atoms with Crippen molar-refractivity contribution in [2.75, 3.05) is 18.8 Å². The van der Waals surface area contributed by atoms with E-state index in [0.29, 0.717) is 18.2 Å². The van der Waals surface area contributed by atoms with Crippen LogP contribution in [0, 0.1) is 11.3 Å². The first-order chi connectivity index (χ1) is 14.0. The zero-order valence-electron chi connectivity index (χ0n) is 16.6. The summed E-state index contributed by atoms with van der Waals surface area (Å²) in [6, 6.07) is 14.5. The monoisotopic (exact) mass is 389 g/mol. The normalized spacial score (nSPS) is 25.5. The molecular formula is C24H27N3O2. The van der Waals surface area contributed by atoms with Crippen LogP contribution in [0.15, 0.2) is 36.4 Å². The summed E-state index contributed by atoms with van der Waals surface area (Å²) in [7, 11) is 0. The number of likely N-dealkylation sites (tertiary alicyclic amines) is 1. The number of hydrogen-bond acceptors (Lipinski definition) is 5. The summed E-state index contributed by atoms with van der Waals surface area (Å²) in [5.41, 5.74) is 10.6. The molecule has 2 unspecified atom stereocenters. The van der Waals surface area contributed by atoms with Crippen LogP contribution in [0.3, 0.4) is 0 Å². The van der Waals surface area contributed by atoms with Crippen molar-refractivity contribution in [3.63, 3.8) is 0 Å². The van der Waals surface area contributed by atoms with Gasteiger partial charge in [0.25, 0.3) is 0 Å². The van der Waals surface area contributed by atoms with E-state index in [2.05, 4.69) is 23.1 Å². The minimum absolute atomic E-state index is 0.271. The third kappa shape index (κ3) is 3.37. The van der Waals surface area contributed by atoms with Crippen molar-refractivity contribution < 1.29 is 9.84 Å². The molecular weight excluding hydrogens is 362 g/mol. The Morgan fingerprint density at radius 2 is 1.97 bits per heavy atom. The highest BCUT2D eigenvalue weighted by molar-refractivity contribution is 5.50. The fraction of sp³-hybridized carbons (Fsp3) is 0.458. The Balaban J connectivity index is 1.26. The van der Waals surface area contributed by atoms with Crippen molar-refractivity contribution in [1.82, 2.24) is 4.90 Å². The van der Waals surface area contributed by atoms with Gasteiger partial charge >= 0.3 is 0 Å². The van der Waals surface area contributed by atoms with Crippen molar-refractivity contribution in [2.45, 2.75) is 56.3 Å². The van der Waals surface area contributed by atoms with Gasteiger partial charge in [0.2, 0.25) is 0 Å². The van der Waals surface area contributed by atoms with Crippen LogP contribution in [0.2, 0.25) is 0 Å². The van der Waals surface area contributed by atoms with E-state index in [0.717, 1.165) is 62.1 Å². The Labute approximate surface area is 171 Å². The van der Waals surface area contributed by atoms with Crippen LogP contribution in [0.1, 0.15) is 54.0 Å². The number of aryl methyl sites for hydroxylation is 1. The molecule has 1 aliphatic carbocycles. The summed E-state index contributed by atoms with van der Waals surface area (Å²) in [4.78, 5) is 2.60. The molecule has 29 heavy (non-hydrogen) atoms. The lowest BCUT2D eigenvalue weighted by Gasteiger charge is -2.48. The van der Waals surface area contributed by atoms with Crippen molar-refractivity contribution in [3.8, 4) is 11.8 Å². The number of nitrogens with two attached hydrogens (primary N) is 1. The Morgan fingerprint density at radius 3 is 2.76 bits per heavy atom. The molecule has 3 aliphatic rings. The Hall–Kier alpha value is -2.55. The molecule has 5 rings (SSSR count). The fourth-order valence-corrected chi connectivity index (χ4v) is 5.38. The van der Waals surface area contributed by atoms with Crippen molar-refractivity contribution >= 4 is 5.69 Å². The zero-order valence-corrected chi connectivity index (χ0v) is 16.6. The molecule has 2 aromatic carbocycles. The van der Waals surface area contributed by atoms with Gasteiger partial charge in [0.05, 0.1) is 17.7 Å². The van der Waals surface area contributed by atoms with Gasteiger partial charge in [0, 0.05) is 36.8 Å². The van der Waals surface area contributed by atoms with Crippen LogP contribution in [-0.4, -0.2) is 34.7 Å². The van der Waals surface area contributed by atoms with Gasteiger partial charge in [-0.2, -0.15) is 5.26 Å². The summed E-state index contributed by atoms with van der Waals surface area (Å²) >= 11 is 0. The maximum atomic E-state index is 10.7. The average molecular weight is 389 g/mol. The summed E-state index contributed by atoms with van der Waals surface area (Å²) in [5, 5.41) is 19.8. The molecule has 1 saturated heterocycles. The van der Waals surface area contributed by atoms with Crippen LogP contribution < -0.4 is 10.5 Å². The van der Waals surface area contributed by atoms with Crippen LogP contribution >= 0.6 is 0 Å². The molecule has 0 aromatic heterocycles. The number of nitrogens with zero attached hydrogens (tertiary/aromatic N) is 2. The molecule has 1 spiro atoms. The highest BCUT2D eigenvalue weighted by Gasteiger charge is 2.44. The van der Waals surface area contributed by atoms with E-state index in [1.807, 2.05) is 24.3 Å².